The Morgan fingerprint density at radius 3 is 3.08 bits per heavy atom. The van der Waals surface area contributed by atoms with Gasteiger partial charge in [-0.1, -0.05) is 6.42 Å². The first kappa shape index (κ1) is 16.7. The van der Waals surface area contributed by atoms with Gasteiger partial charge in [0.15, 0.2) is 0 Å². The lowest BCUT2D eigenvalue weighted by molar-refractivity contribution is 0.112. The third-order valence-electron chi connectivity index (χ3n) is 6.05. The van der Waals surface area contributed by atoms with Crippen LogP contribution in [-0.4, -0.2) is 53.3 Å². The number of halogens is 1. The Kier molecular flexibility index (Phi) is 4.33. The molecule has 134 valence electrons. The molecule has 2 aromatic heterocycles. The Balaban J connectivity index is 1.54. The van der Waals surface area contributed by atoms with Crippen LogP contribution in [-0.2, 0) is 6.42 Å². The molecule has 2 fully saturated rings. The van der Waals surface area contributed by atoms with Crippen LogP contribution in [0.5, 0.6) is 5.88 Å². The van der Waals surface area contributed by atoms with Gasteiger partial charge in [0, 0.05) is 36.7 Å². The minimum absolute atomic E-state index is 0.0698. The Morgan fingerprint density at radius 1 is 1.44 bits per heavy atom. The predicted octanol–water partition coefficient (Wildman–Crippen LogP) is 2.41. The number of aliphatic hydroxyl groups excluding tert-OH is 1. The molecule has 6 heteroatoms. The average molecular weight is 345 g/mol. The summed E-state index contributed by atoms with van der Waals surface area (Å²) in [6.07, 6.45) is 5.38. The van der Waals surface area contributed by atoms with Gasteiger partial charge in [-0.05, 0) is 31.2 Å². The lowest BCUT2D eigenvalue weighted by Gasteiger charge is -2.26. The van der Waals surface area contributed by atoms with Crippen molar-refractivity contribution in [3.05, 3.63) is 29.7 Å². The van der Waals surface area contributed by atoms with Crippen molar-refractivity contribution >= 4 is 11.0 Å². The second-order valence-corrected chi connectivity index (χ2v) is 7.40. The topological polar surface area (TPSA) is 58.5 Å². The zero-order chi connectivity index (χ0) is 17.4. The first-order valence-electron chi connectivity index (χ1n) is 8.96. The minimum atomic E-state index is -0.315. The van der Waals surface area contributed by atoms with E-state index >= 15 is 0 Å². The second kappa shape index (κ2) is 6.50. The van der Waals surface area contributed by atoms with Gasteiger partial charge in [0.2, 0.25) is 5.88 Å². The molecule has 25 heavy (non-hydrogen) atoms. The number of nitrogens with zero attached hydrogens (tertiary/aromatic N) is 3. The van der Waals surface area contributed by atoms with Crippen molar-refractivity contribution in [3.63, 3.8) is 0 Å². The van der Waals surface area contributed by atoms with Crippen molar-refractivity contribution in [1.29, 1.82) is 0 Å². The number of aromatic nitrogens is 2. The summed E-state index contributed by atoms with van der Waals surface area (Å²) in [6, 6.07) is 3.55. The molecule has 3 heterocycles. The summed E-state index contributed by atoms with van der Waals surface area (Å²) in [4.78, 5) is 10.9. The van der Waals surface area contributed by atoms with Crippen LogP contribution in [0.1, 0.15) is 24.8 Å². The Labute approximate surface area is 146 Å². The number of pyridine rings is 2. The van der Waals surface area contributed by atoms with E-state index in [9.17, 15) is 9.50 Å². The molecule has 5 nitrogen and oxygen atoms in total. The average Bonchev–Trinajstić information content (AvgIpc) is 3.17. The molecule has 4 rings (SSSR count). The summed E-state index contributed by atoms with van der Waals surface area (Å²) in [6.45, 7) is 2.95. The van der Waals surface area contributed by atoms with Crippen LogP contribution in [0.25, 0.3) is 11.0 Å². The number of rotatable bonds is 5. The van der Waals surface area contributed by atoms with E-state index in [1.807, 2.05) is 6.07 Å². The maximum atomic E-state index is 14.4. The first-order chi connectivity index (χ1) is 12.1. The van der Waals surface area contributed by atoms with E-state index in [1.54, 1.807) is 13.2 Å². The van der Waals surface area contributed by atoms with Crippen molar-refractivity contribution in [2.24, 2.45) is 11.3 Å². The summed E-state index contributed by atoms with van der Waals surface area (Å²) >= 11 is 0. The van der Waals surface area contributed by atoms with Crippen LogP contribution >= 0.6 is 0 Å². The molecule has 1 saturated heterocycles. The lowest BCUT2D eigenvalue weighted by Crippen LogP contribution is -2.31. The third kappa shape index (κ3) is 2.87. The Morgan fingerprint density at radius 2 is 2.32 bits per heavy atom. The summed E-state index contributed by atoms with van der Waals surface area (Å²) in [5, 5.41) is 9.85. The maximum absolute atomic E-state index is 14.4. The highest BCUT2D eigenvalue weighted by Gasteiger charge is 2.48. The highest BCUT2D eigenvalue weighted by atomic mass is 19.1. The normalized spacial score (nSPS) is 26.3. The number of fused-ring (bicyclic) bond motifs is 2. The highest BCUT2D eigenvalue weighted by Crippen LogP contribution is 2.48. The molecule has 1 aliphatic heterocycles. The third-order valence-corrected chi connectivity index (χ3v) is 6.05. The monoisotopic (exact) mass is 345 g/mol. The number of ether oxygens (including phenoxy) is 1. The fourth-order valence-electron chi connectivity index (χ4n) is 4.65. The van der Waals surface area contributed by atoms with E-state index in [2.05, 4.69) is 14.9 Å². The lowest BCUT2D eigenvalue weighted by atomic mass is 9.82. The van der Waals surface area contributed by atoms with Crippen LogP contribution in [0, 0.1) is 17.2 Å². The van der Waals surface area contributed by atoms with Crippen LogP contribution < -0.4 is 4.74 Å². The molecule has 2 unspecified atom stereocenters. The largest absolute Gasteiger partial charge is 0.481 e. The summed E-state index contributed by atoms with van der Waals surface area (Å²) in [5.41, 5.74) is 1.93. The van der Waals surface area contributed by atoms with Gasteiger partial charge in [-0.2, -0.15) is 0 Å². The Bertz CT molecular complexity index is 785. The molecule has 0 spiro atoms. The minimum Gasteiger partial charge on any atom is -0.481 e. The molecule has 1 aliphatic carbocycles. The fourth-order valence-corrected chi connectivity index (χ4v) is 4.65. The zero-order valence-electron chi connectivity index (χ0n) is 14.5. The molecule has 0 aromatic carbocycles. The number of hydrogen-bond acceptors (Lipinski definition) is 5. The molecule has 0 bridgehead atoms. The predicted molar refractivity (Wildman–Crippen MR) is 93.1 cm³/mol. The van der Waals surface area contributed by atoms with Crippen molar-refractivity contribution < 1.29 is 14.2 Å². The summed E-state index contributed by atoms with van der Waals surface area (Å²) in [5.74, 6) is 0.732. The number of methoxy groups -OCH3 is 1. The molecular weight excluding hydrogens is 321 g/mol. The van der Waals surface area contributed by atoms with E-state index < -0.39 is 0 Å². The van der Waals surface area contributed by atoms with Gasteiger partial charge < -0.3 is 14.7 Å². The van der Waals surface area contributed by atoms with Crippen molar-refractivity contribution in [3.8, 4) is 5.88 Å². The maximum Gasteiger partial charge on any atom is 0.213 e. The van der Waals surface area contributed by atoms with Gasteiger partial charge in [-0.3, -0.25) is 4.98 Å². The molecule has 0 radical (unpaired) electrons. The van der Waals surface area contributed by atoms with Gasteiger partial charge >= 0.3 is 0 Å². The summed E-state index contributed by atoms with van der Waals surface area (Å²) < 4.78 is 19.6. The number of likely N-dealkylation sites (tertiary alicyclic amines) is 1. The molecule has 0 amide bonds. The van der Waals surface area contributed by atoms with E-state index in [-0.39, 0.29) is 17.8 Å². The smallest absolute Gasteiger partial charge is 0.213 e. The number of aliphatic hydroxyl groups is 1. The fraction of sp³-hybridized carbons (Fsp3) is 0.579. The van der Waals surface area contributed by atoms with Crippen LogP contribution in [0.2, 0.25) is 0 Å². The van der Waals surface area contributed by atoms with Crippen molar-refractivity contribution in [1.82, 2.24) is 14.9 Å². The van der Waals surface area contributed by atoms with Gasteiger partial charge in [0.1, 0.15) is 5.82 Å². The second-order valence-electron chi connectivity index (χ2n) is 7.40. The van der Waals surface area contributed by atoms with Crippen LogP contribution in [0.4, 0.5) is 4.39 Å². The SMILES string of the molecule is COc1ccc2ncc(F)c(CCN3CC4CCCC4(CO)C3)c2n1. The zero-order valence-corrected chi connectivity index (χ0v) is 14.5. The number of hydrogen-bond donors (Lipinski definition) is 1. The molecule has 1 saturated carbocycles. The highest BCUT2D eigenvalue weighted by molar-refractivity contribution is 5.78. The molecule has 1 N–H and O–H groups in total. The van der Waals surface area contributed by atoms with Gasteiger partial charge in [-0.15, -0.1) is 0 Å². The first-order valence-corrected chi connectivity index (χ1v) is 8.96. The van der Waals surface area contributed by atoms with E-state index in [4.69, 9.17) is 4.74 Å². The van der Waals surface area contributed by atoms with Crippen LogP contribution in [0.15, 0.2) is 18.3 Å². The molecule has 2 aromatic rings. The van der Waals surface area contributed by atoms with Gasteiger partial charge in [0.25, 0.3) is 0 Å². The van der Waals surface area contributed by atoms with E-state index in [0.29, 0.717) is 34.8 Å². The summed E-state index contributed by atoms with van der Waals surface area (Å²) in [7, 11) is 1.55. The van der Waals surface area contributed by atoms with Crippen molar-refractivity contribution in [2.45, 2.75) is 25.7 Å². The molecule has 2 aliphatic rings. The van der Waals surface area contributed by atoms with Crippen molar-refractivity contribution in [2.75, 3.05) is 33.4 Å². The quantitative estimate of drug-likeness (QED) is 0.902. The van der Waals surface area contributed by atoms with Gasteiger partial charge in [-0.25, -0.2) is 9.37 Å². The molecular formula is C19H24FN3O2. The Hall–Kier alpha value is -1.79. The molecule has 2 atom stereocenters. The van der Waals surface area contributed by atoms with E-state index in [1.165, 1.54) is 19.0 Å². The van der Waals surface area contributed by atoms with Gasteiger partial charge in [0.05, 0.1) is 30.9 Å². The van der Waals surface area contributed by atoms with E-state index in [0.717, 1.165) is 26.1 Å². The van der Waals surface area contributed by atoms with Crippen LogP contribution in [0.3, 0.4) is 0 Å². The standard InChI is InChI=1S/C19H24FN3O2/c1-25-17-5-4-16-18(22-17)14(15(20)9-21-16)6-8-23-10-13-3-2-7-19(13,11-23)12-24/h4-5,9,13,24H,2-3,6-8,10-12H2,1H3.